The van der Waals surface area contributed by atoms with Crippen molar-refractivity contribution in [2.24, 2.45) is 0 Å². The van der Waals surface area contributed by atoms with Crippen LogP contribution < -0.4 is 10.1 Å². The third-order valence-electron chi connectivity index (χ3n) is 4.08. The number of aromatic nitrogens is 1. The summed E-state index contributed by atoms with van der Waals surface area (Å²) in [6, 6.07) is 19.5. The van der Waals surface area contributed by atoms with E-state index in [1.165, 1.54) is 6.07 Å². The molecule has 0 radical (unpaired) electrons. The van der Waals surface area contributed by atoms with E-state index in [-0.39, 0.29) is 11.7 Å². The number of carbonyl (C=O) groups is 1. The summed E-state index contributed by atoms with van der Waals surface area (Å²) in [4.78, 5) is 15.7. The summed E-state index contributed by atoms with van der Waals surface area (Å²) in [7, 11) is 0. The number of pyridine rings is 1. The van der Waals surface area contributed by atoms with Gasteiger partial charge in [0.25, 0.3) is 0 Å². The van der Waals surface area contributed by atoms with Crippen molar-refractivity contribution in [3.8, 4) is 5.75 Å². The van der Waals surface area contributed by atoms with Gasteiger partial charge in [0, 0.05) is 12.7 Å². The minimum atomic E-state index is -4.42. The lowest BCUT2D eigenvalue weighted by atomic mass is 10.2. The highest BCUT2D eigenvalue weighted by atomic mass is 32.2. The van der Waals surface area contributed by atoms with Crippen LogP contribution in [0.1, 0.15) is 16.7 Å². The van der Waals surface area contributed by atoms with Crippen molar-refractivity contribution in [2.75, 3.05) is 5.75 Å². The van der Waals surface area contributed by atoms with E-state index in [0.717, 1.165) is 40.9 Å². The van der Waals surface area contributed by atoms with Crippen molar-refractivity contribution >= 4 is 17.7 Å². The molecule has 3 aromatic rings. The molecule has 2 aromatic carbocycles. The largest absolute Gasteiger partial charge is 0.489 e. The number of amides is 1. The maximum Gasteiger partial charge on any atom is 0.417 e. The number of halogens is 3. The monoisotopic (exact) mass is 432 g/mol. The number of rotatable bonds is 8. The van der Waals surface area contributed by atoms with Crippen LogP contribution in [0.5, 0.6) is 5.75 Å². The number of thioether (sulfide) groups is 1. The molecule has 0 spiro atoms. The smallest absolute Gasteiger partial charge is 0.417 e. The minimum Gasteiger partial charge on any atom is -0.489 e. The van der Waals surface area contributed by atoms with Gasteiger partial charge in [0.05, 0.1) is 16.3 Å². The van der Waals surface area contributed by atoms with Gasteiger partial charge in [-0.05, 0) is 35.4 Å². The van der Waals surface area contributed by atoms with Crippen LogP contribution >= 0.6 is 11.8 Å². The van der Waals surface area contributed by atoms with Gasteiger partial charge in [0.15, 0.2) is 0 Å². The lowest BCUT2D eigenvalue weighted by Crippen LogP contribution is -2.24. The number of alkyl halides is 3. The van der Waals surface area contributed by atoms with Crippen LogP contribution in [0.2, 0.25) is 0 Å². The molecule has 0 bridgehead atoms. The third-order valence-corrected chi connectivity index (χ3v) is 5.02. The molecule has 30 heavy (non-hydrogen) atoms. The molecular weight excluding hydrogens is 413 g/mol. The molecule has 4 nitrogen and oxygen atoms in total. The number of ether oxygens (including phenoxy) is 1. The number of nitrogens with zero attached hydrogens (tertiary/aromatic N) is 1. The van der Waals surface area contributed by atoms with Gasteiger partial charge in [-0.2, -0.15) is 13.2 Å². The van der Waals surface area contributed by atoms with Gasteiger partial charge < -0.3 is 10.1 Å². The lowest BCUT2D eigenvalue weighted by Gasteiger charge is -2.09. The molecule has 3 rings (SSSR count). The molecule has 1 amide bonds. The van der Waals surface area contributed by atoms with E-state index in [9.17, 15) is 18.0 Å². The van der Waals surface area contributed by atoms with E-state index in [1.54, 1.807) is 0 Å². The second kappa shape index (κ2) is 10.2. The average Bonchev–Trinajstić information content (AvgIpc) is 2.76. The fourth-order valence-corrected chi connectivity index (χ4v) is 3.14. The molecule has 0 saturated heterocycles. The standard InChI is InChI=1S/C22H19F3N2O2S/c23-22(24,25)18-8-11-21(27-13-18)30-15-20(28)26-12-16-6-9-19(10-7-16)29-14-17-4-2-1-3-5-17/h1-11,13H,12,14-15H2,(H,26,28). The first-order valence-electron chi connectivity index (χ1n) is 9.08. The van der Waals surface area contributed by atoms with Gasteiger partial charge in [-0.1, -0.05) is 54.2 Å². The molecule has 0 fully saturated rings. The zero-order chi connectivity index (χ0) is 21.4. The Bertz CT molecular complexity index is 947. The van der Waals surface area contributed by atoms with Crippen molar-refractivity contribution in [3.63, 3.8) is 0 Å². The van der Waals surface area contributed by atoms with Gasteiger partial charge in [0.1, 0.15) is 12.4 Å². The van der Waals surface area contributed by atoms with Crippen molar-refractivity contribution in [1.82, 2.24) is 10.3 Å². The molecule has 1 heterocycles. The van der Waals surface area contributed by atoms with Crippen molar-refractivity contribution in [1.29, 1.82) is 0 Å². The molecule has 0 unspecified atom stereocenters. The first-order chi connectivity index (χ1) is 14.4. The Kier molecular flexibility index (Phi) is 7.35. The molecule has 1 aromatic heterocycles. The Hall–Kier alpha value is -3.00. The molecule has 0 aliphatic carbocycles. The maximum absolute atomic E-state index is 12.5. The van der Waals surface area contributed by atoms with Crippen LogP contribution in [0.25, 0.3) is 0 Å². The Morgan fingerprint density at radius 2 is 1.70 bits per heavy atom. The van der Waals surface area contributed by atoms with Crippen LogP contribution in [-0.4, -0.2) is 16.6 Å². The number of benzene rings is 2. The summed E-state index contributed by atoms with van der Waals surface area (Å²) >= 11 is 1.08. The maximum atomic E-state index is 12.5. The normalized spacial score (nSPS) is 11.2. The zero-order valence-corrected chi connectivity index (χ0v) is 16.7. The minimum absolute atomic E-state index is 0.0661. The second-order valence-corrected chi connectivity index (χ2v) is 7.36. The van der Waals surface area contributed by atoms with Crippen molar-refractivity contribution in [3.05, 3.63) is 89.6 Å². The Labute approximate surface area is 176 Å². The quantitative estimate of drug-likeness (QED) is 0.504. The molecule has 0 aliphatic heterocycles. The number of nitrogens with one attached hydrogen (secondary N) is 1. The zero-order valence-electron chi connectivity index (χ0n) is 15.9. The van der Waals surface area contributed by atoms with Gasteiger partial charge in [0.2, 0.25) is 5.91 Å². The molecule has 0 saturated carbocycles. The number of hydrogen-bond donors (Lipinski definition) is 1. The van der Waals surface area contributed by atoms with Crippen LogP contribution in [0, 0.1) is 0 Å². The number of hydrogen-bond acceptors (Lipinski definition) is 4. The fourth-order valence-electron chi connectivity index (χ4n) is 2.47. The Morgan fingerprint density at radius 3 is 2.33 bits per heavy atom. The second-order valence-electron chi connectivity index (χ2n) is 6.37. The molecular formula is C22H19F3N2O2S. The first-order valence-corrected chi connectivity index (χ1v) is 10.1. The summed E-state index contributed by atoms with van der Waals surface area (Å²) in [5.74, 6) is 0.570. The summed E-state index contributed by atoms with van der Waals surface area (Å²) in [6.07, 6.45) is -3.66. The van der Waals surface area contributed by atoms with E-state index in [4.69, 9.17) is 4.74 Å². The third kappa shape index (κ3) is 6.81. The highest BCUT2D eigenvalue weighted by Gasteiger charge is 2.30. The topological polar surface area (TPSA) is 51.2 Å². The van der Waals surface area contributed by atoms with Crippen LogP contribution in [0.3, 0.4) is 0 Å². The summed E-state index contributed by atoms with van der Waals surface area (Å²) in [5.41, 5.74) is 1.18. The molecule has 0 atom stereocenters. The van der Waals surface area contributed by atoms with Crippen LogP contribution in [0.15, 0.2) is 78.0 Å². The first kappa shape index (κ1) is 21.7. The van der Waals surface area contributed by atoms with E-state index < -0.39 is 11.7 Å². The van der Waals surface area contributed by atoms with Crippen molar-refractivity contribution < 1.29 is 22.7 Å². The highest BCUT2D eigenvalue weighted by molar-refractivity contribution is 7.99. The van der Waals surface area contributed by atoms with E-state index in [1.807, 2.05) is 54.6 Å². The van der Waals surface area contributed by atoms with Gasteiger partial charge in [-0.25, -0.2) is 4.98 Å². The lowest BCUT2D eigenvalue weighted by molar-refractivity contribution is -0.137. The molecule has 0 aliphatic rings. The summed E-state index contributed by atoms with van der Waals surface area (Å²) in [5, 5.41) is 3.13. The van der Waals surface area contributed by atoms with E-state index in [2.05, 4.69) is 10.3 Å². The van der Waals surface area contributed by atoms with Crippen LogP contribution in [-0.2, 0) is 24.1 Å². The summed E-state index contributed by atoms with van der Waals surface area (Å²) < 4.78 is 43.3. The molecule has 1 N–H and O–H groups in total. The number of carbonyl (C=O) groups excluding carboxylic acids is 1. The average molecular weight is 432 g/mol. The van der Waals surface area contributed by atoms with Crippen molar-refractivity contribution in [2.45, 2.75) is 24.4 Å². The summed E-state index contributed by atoms with van der Waals surface area (Å²) in [6.45, 7) is 0.824. The van der Waals surface area contributed by atoms with Gasteiger partial charge >= 0.3 is 6.18 Å². The predicted molar refractivity (Wildman–Crippen MR) is 109 cm³/mol. The van der Waals surface area contributed by atoms with Crippen LogP contribution in [0.4, 0.5) is 13.2 Å². The van der Waals surface area contributed by atoms with Gasteiger partial charge in [-0.3, -0.25) is 4.79 Å². The highest BCUT2D eigenvalue weighted by Crippen LogP contribution is 2.29. The fraction of sp³-hybridized carbons (Fsp3) is 0.182. The molecule has 8 heteroatoms. The molecule has 156 valence electrons. The van der Waals surface area contributed by atoms with E-state index in [0.29, 0.717) is 18.2 Å². The Morgan fingerprint density at radius 1 is 0.967 bits per heavy atom. The van der Waals surface area contributed by atoms with E-state index >= 15 is 0 Å². The predicted octanol–water partition coefficient (Wildman–Crippen LogP) is 5.09. The van der Waals surface area contributed by atoms with Gasteiger partial charge in [-0.15, -0.1) is 0 Å². The Balaban J connectivity index is 1.40. The SMILES string of the molecule is O=C(CSc1ccc(C(F)(F)F)cn1)NCc1ccc(OCc2ccccc2)cc1.